The second kappa shape index (κ2) is 6.07. The highest BCUT2D eigenvalue weighted by Crippen LogP contribution is 2.23. The number of nitrogen functional groups attached to an aromatic ring is 1. The summed E-state index contributed by atoms with van der Waals surface area (Å²) in [6, 6.07) is 6.55. The van der Waals surface area contributed by atoms with Gasteiger partial charge in [0.2, 0.25) is 0 Å². The van der Waals surface area contributed by atoms with Crippen LogP contribution in [0.25, 0.3) is 11.0 Å². The molecule has 114 valence electrons. The maximum atomic E-state index is 11.9. The van der Waals surface area contributed by atoms with Gasteiger partial charge in [-0.2, -0.15) is 13.2 Å². The van der Waals surface area contributed by atoms with Crippen molar-refractivity contribution >= 4 is 22.6 Å². The van der Waals surface area contributed by atoms with Gasteiger partial charge in [0.25, 0.3) is 5.91 Å². The van der Waals surface area contributed by atoms with Gasteiger partial charge in [0, 0.05) is 24.0 Å². The minimum absolute atomic E-state index is 0.0134. The molecule has 2 aromatic rings. The van der Waals surface area contributed by atoms with Crippen LogP contribution in [0.15, 0.2) is 28.7 Å². The first-order chi connectivity index (χ1) is 9.85. The monoisotopic (exact) mass is 300 g/mol. The predicted octanol–water partition coefficient (Wildman–Crippen LogP) is 3.48. The number of hydrogen-bond donors (Lipinski definition) is 2. The molecule has 3 N–H and O–H groups in total. The summed E-state index contributed by atoms with van der Waals surface area (Å²) in [5, 5.41) is 3.24. The zero-order valence-electron chi connectivity index (χ0n) is 11.2. The summed E-state index contributed by atoms with van der Waals surface area (Å²) in [6.45, 7) is 0.175. The number of benzene rings is 1. The summed E-state index contributed by atoms with van der Waals surface area (Å²) in [5.41, 5.74) is 6.72. The lowest BCUT2D eigenvalue weighted by atomic mass is 10.2. The van der Waals surface area contributed by atoms with E-state index < -0.39 is 18.5 Å². The molecule has 0 bridgehead atoms. The highest BCUT2D eigenvalue weighted by molar-refractivity contribution is 5.96. The average molecular weight is 300 g/mol. The van der Waals surface area contributed by atoms with Crippen LogP contribution < -0.4 is 11.1 Å². The molecule has 4 nitrogen and oxygen atoms in total. The van der Waals surface area contributed by atoms with Crippen molar-refractivity contribution < 1.29 is 22.4 Å². The third kappa shape index (κ3) is 4.40. The van der Waals surface area contributed by atoms with E-state index in [0.29, 0.717) is 16.7 Å². The van der Waals surface area contributed by atoms with Gasteiger partial charge in [-0.3, -0.25) is 4.79 Å². The van der Waals surface area contributed by atoms with E-state index in [1.54, 1.807) is 24.3 Å². The molecule has 0 aliphatic heterocycles. The maximum absolute atomic E-state index is 11.9. The summed E-state index contributed by atoms with van der Waals surface area (Å²) in [5.74, 6) is -0.330. The van der Waals surface area contributed by atoms with Crippen molar-refractivity contribution in [1.82, 2.24) is 5.32 Å². The van der Waals surface area contributed by atoms with Crippen molar-refractivity contribution in [3.8, 4) is 0 Å². The molecule has 0 aliphatic rings. The standard InChI is InChI=1S/C14H15F3N2O2/c15-14(16,17)5-1-2-6-19-13(20)12-8-9-7-10(18)3-4-11(9)21-12/h3-4,7-8H,1-2,5-6,18H2,(H,19,20). The Kier molecular flexibility index (Phi) is 4.40. The Hall–Kier alpha value is -2.18. The van der Waals surface area contributed by atoms with E-state index >= 15 is 0 Å². The largest absolute Gasteiger partial charge is 0.451 e. The third-order valence-electron chi connectivity index (χ3n) is 2.94. The van der Waals surface area contributed by atoms with E-state index in [1.165, 1.54) is 0 Å². The molecule has 0 spiro atoms. The molecule has 7 heteroatoms. The fourth-order valence-electron chi connectivity index (χ4n) is 1.91. The van der Waals surface area contributed by atoms with Crippen molar-refractivity contribution in [1.29, 1.82) is 0 Å². The van der Waals surface area contributed by atoms with Crippen LogP contribution in [0.1, 0.15) is 29.8 Å². The van der Waals surface area contributed by atoms with E-state index in [-0.39, 0.29) is 25.1 Å². The van der Waals surface area contributed by atoms with Crippen molar-refractivity contribution in [3.05, 3.63) is 30.0 Å². The van der Waals surface area contributed by atoms with E-state index in [4.69, 9.17) is 10.2 Å². The quantitative estimate of drug-likeness (QED) is 0.656. The number of halogens is 3. The zero-order chi connectivity index (χ0) is 15.5. The average Bonchev–Trinajstić information content (AvgIpc) is 2.79. The lowest BCUT2D eigenvalue weighted by Gasteiger charge is -2.06. The zero-order valence-corrected chi connectivity index (χ0v) is 11.2. The summed E-state index contributed by atoms with van der Waals surface area (Å²) < 4.78 is 41.2. The molecule has 0 saturated carbocycles. The molecule has 0 radical (unpaired) electrons. The van der Waals surface area contributed by atoms with Gasteiger partial charge in [0.1, 0.15) is 5.58 Å². The molecule has 0 fully saturated rings. The van der Waals surface area contributed by atoms with E-state index in [9.17, 15) is 18.0 Å². The number of carbonyl (C=O) groups excluding carboxylic acids is 1. The van der Waals surface area contributed by atoms with Gasteiger partial charge in [-0.1, -0.05) is 0 Å². The number of nitrogens with two attached hydrogens (primary N) is 1. The number of rotatable bonds is 5. The minimum atomic E-state index is -4.15. The van der Waals surface area contributed by atoms with Gasteiger partial charge in [0.15, 0.2) is 5.76 Å². The van der Waals surface area contributed by atoms with Gasteiger partial charge in [0.05, 0.1) is 0 Å². The molecular formula is C14H15F3N2O2. The Labute approximate surface area is 119 Å². The molecule has 0 saturated heterocycles. The molecule has 1 aromatic heterocycles. The number of furan rings is 1. The molecule has 1 amide bonds. The van der Waals surface area contributed by atoms with Crippen LogP contribution >= 0.6 is 0 Å². The predicted molar refractivity (Wildman–Crippen MR) is 72.9 cm³/mol. The van der Waals surface area contributed by atoms with Crippen LogP contribution in [0.4, 0.5) is 18.9 Å². The number of fused-ring (bicyclic) bond motifs is 1. The highest BCUT2D eigenvalue weighted by atomic mass is 19.4. The summed E-state index contributed by atoms with van der Waals surface area (Å²) in [7, 11) is 0. The van der Waals surface area contributed by atoms with Crippen LogP contribution in [0.3, 0.4) is 0 Å². The Bertz CT molecular complexity index is 635. The number of hydrogen-bond acceptors (Lipinski definition) is 3. The van der Waals surface area contributed by atoms with Crippen LogP contribution in [0.2, 0.25) is 0 Å². The number of alkyl halides is 3. The lowest BCUT2D eigenvalue weighted by molar-refractivity contribution is -0.135. The number of carbonyl (C=O) groups is 1. The first-order valence-corrected chi connectivity index (χ1v) is 6.49. The number of unbranched alkanes of at least 4 members (excludes halogenated alkanes) is 1. The van der Waals surface area contributed by atoms with E-state index in [1.807, 2.05) is 0 Å². The molecule has 0 atom stereocenters. The van der Waals surface area contributed by atoms with Gasteiger partial charge in [-0.15, -0.1) is 0 Å². The number of amides is 1. The third-order valence-corrected chi connectivity index (χ3v) is 2.94. The topological polar surface area (TPSA) is 68.3 Å². The van der Waals surface area contributed by atoms with Gasteiger partial charge in [-0.05, 0) is 37.1 Å². The van der Waals surface area contributed by atoms with E-state index in [0.717, 1.165) is 0 Å². The Morgan fingerprint density at radius 1 is 1.24 bits per heavy atom. The Morgan fingerprint density at radius 2 is 2.00 bits per heavy atom. The van der Waals surface area contributed by atoms with Crippen molar-refractivity contribution in [2.45, 2.75) is 25.4 Å². The lowest BCUT2D eigenvalue weighted by Crippen LogP contribution is -2.24. The van der Waals surface area contributed by atoms with Crippen LogP contribution in [-0.2, 0) is 0 Å². The fraction of sp³-hybridized carbons (Fsp3) is 0.357. The second-order valence-electron chi connectivity index (χ2n) is 4.74. The van der Waals surface area contributed by atoms with Crippen LogP contribution in [0.5, 0.6) is 0 Å². The molecular weight excluding hydrogens is 285 g/mol. The molecule has 1 aromatic carbocycles. The molecule has 21 heavy (non-hydrogen) atoms. The van der Waals surface area contributed by atoms with Gasteiger partial charge < -0.3 is 15.5 Å². The van der Waals surface area contributed by atoms with Crippen molar-refractivity contribution in [2.75, 3.05) is 12.3 Å². The van der Waals surface area contributed by atoms with Crippen LogP contribution in [0, 0.1) is 0 Å². The summed E-state index contributed by atoms with van der Waals surface area (Å²) >= 11 is 0. The summed E-state index contributed by atoms with van der Waals surface area (Å²) in [6.07, 6.45) is -4.74. The molecule has 0 unspecified atom stereocenters. The van der Waals surface area contributed by atoms with Gasteiger partial charge in [-0.25, -0.2) is 0 Å². The number of anilines is 1. The summed E-state index contributed by atoms with van der Waals surface area (Å²) in [4.78, 5) is 11.8. The number of nitrogens with one attached hydrogen (secondary N) is 1. The fourth-order valence-corrected chi connectivity index (χ4v) is 1.91. The first kappa shape index (κ1) is 15.2. The normalized spacial score (nSPS) is 11.8. The van der Waals surface area contributed by atoms with Crippen molar-refractivity contribution in [2.24, 2.45) is 0 Å². The first-order valence-electron chi connectivity index (χ1n) is 6.49. The van der Waals surface area contributed by atoms with Gasteiger partial charge >= 0.3 is 6.18 Å². The highest BCUT2D eigenvalue weighted by Gasteiger charge is 2.25. The Morgan fingerprint density at radius 3 is 2.71 bits per heavy atom. The SMILES string of the molecule is Nc1ccc2oc(C(=O)NCCCCC(F)(F)F)cc2c1. The smallest absolute Gasteiger partial charge is 0.389 e. The minimum Gasteiger partial charge on any atom is -0.451 e. The molecule has 2 rings (SSSR count). The van der Waals surface area contributed by atoms with Crippen molar-refractivity contribution in [3.63, 3.8) is 0 Å². The second-order valence-corrected chi connectivity index (χ2v) is 4.74. The molecule has 1 heterocycles. The molecule has 0 aliphatic carbocycles. The maximum Gasteiger partial charge on any atom is 0.389 e. The van der Waals surface area contributed by atoms with Crippen LogP contribution in [-0.4, -0.2) is 18.6 Å². The van der Waals surface area contributed by atoms with E-state index in [2.05, 4.69) is 5.32 Å². The Balaban J connectivity index is 1.85.